The van der Waals surface area contributed by atoms with Crippen LogP contribution in [-0.4, -0.2) is 37.0 Å². The van der Waals surface area contributed by atoms with E-state index in [1.165, 1.54) is 18.2 Å². The number of anilines is 2. The van der Waals surface area contributed by atoms with Gasteiger partial charge in [-0.05, 0) is 30.2 Å². The highest BCUT2D eigenvalue weighted by molar-refractivity contribution is 5.94. The van der Waals surface area contributed by atoms with E-state index in [2.05, 4.69) is 16.0 Å². The maximum absolute atomic E-state index is 12.2. The molecule has 164 valence electrons. The van der Waals surface area contributed by atoms with Crippen molar-refractivity contribution in [3.63, 3.8) is 0 Å². The number of esters is 1. The lowest BCUT2D eigenvalue weighted by molar-refractivity contribution is -0.384. The Labute approximate surface area is 180 Å². The third-order valence-electron chi connectivity index (χ3n) is 4.29. The topological polar surface area (TPSA) is 123 Å². The van der Waals surface area contributed by atoms with Gasteiger partial charge in [-0.15, -0.1) is 0 Å². The molecule has 0 aliphatic rings. The van der Waals surface area contributed by atoms with Crippen LogP contribution in [-0.2, 0) is 20.9 Å². The molecule has 1 amide bonds. The summed E-state index contributed by atoms with van der Waals surface area (Å²) in [7, 11) is 1.68. The Balaban J connectivity index is 1.79. The maximum atomic E-state index is 12.2. The number of rotatable bonds is 11. The van der Waals surface area contributed by atoms with Crippen molar-refractivity contribution in [1.82, 2.24) is 5.32 Å². The fraction of sp³-hybridized carbons (Fsp3) is 0.273. The first kappa shape index (κ1) is 23.6. The van der Waals surface area contributed by atoms with E-state index in [0.29, 0.717) is 31.1 Å². The third-order valence-corrected chi connectivity index (χ3v) is 4.29. The van der Waals surface area contributed by atoms with Crippen LogP contribution in [0.25, 0.3) is 6.08 Å². The quantitative estimate of drug-likeness (QED) is 0.166. The van der Waals surface area contributed by atoms with Crippen LogP contribution in [0.1, 0.15) is 24.5 Å². The molecule has 0 heterocycles. The molecule has 0 aliphatic heterocycles. The molecule has 3 N–H and O–H groups in total. The van der Waals surface area contributed by atoms with Crippen molar-refractivity contribution in [1.29, 1.82) is 0 Å². The van der Waals surface area contributed by atoms with Crippen molar-refractivity contribution < 1.29 is 19.2 Å². The molecular formula is C22H26N4O5. The molecule has 0 spiro atoms. The second-order valence-electron chi connectivity index (χ2n) is 6.54. The number of ether oxygens (including phenoxy) is 1. The van der Waals surface area contributed by atoms with Gasteiger partial charge in [0.25, 0.3) is 5.69 Å². The van der Waals surface area contributed by atoms with Gasteiger partial charge < -0.3 is 20.7 Å². The molecule has 2 aromatic carbocycles. The number of nitro benzene ring substituents is 1. The van der Waals surface area contributed by atoms with E-state index in [4.69, 9.17) is 4.74 Å². The van der Waals surface area contributed by atoms with Crippen LogP contribution in [0.15, 0.2) is 48.5 Å². The summed E-state index contributed by atoms with van der Waals surface area (Å²) < 4.78 is 4.84. The number of hydrogen-bond donors (Lipinski definition) is 3. The molecule has 9 heteroatoms. The standard InChI is InChI=1S/C22H26N4O5/c1-3-31-22(28)11-8-16-4-6-17(7-5-16)15-24-13-12-21(27)25-20-14-18(26(29)30)9-10-19(20)23-2/h4-11,14,23-24H,3,12-13,15H2,1-2H3,(H,25,27)/b11-8+. The largest absolute Gasteiger partial charge is 0.463 e. The average Bonchev–Trinajstić information content (AvgIpc) is 2.76. The number of nitrogens with one attached hydrogen (secondary N) is 3. The lowest BCUT2D eigenvalue weighted by atomic mass is 10.1. The smallest absolute Gasteiger partial charge is 0.330 e. The molecule has 0 fully saturated rings. The Morgan fingerprint density at radius 2 is 1.87 bits per heavy atom. The van der Waals surface area contributed by atoms with Gasteiger partial charge in [0.05, 0.1) is 22.9 Å². The number of amides is 1. The van der Waals surface area contributed by atoms with Gasteiger partial charge >= 0.3 is 5.97 Å². The highest BCUT2D eigenvalue weighted by Crippen LogP contribution is 2.26. The summed E-state index contributed by atoms with van der Waals surface area (Å²) in [6.07, 6.45) is 3.29. The molecule has 2 aromatic rings. The Bertz CT molecular complexity index is 941. The number of benzene rings is 2. The highest BCUT2D eigenvalue weighted by atomic mass is 16.6. The Morgan fingerprint density at radius 1 is 1.13 bits per heavy atom. The molecule has 0 saturated heterocycles. The molecule has 9 nitrogen and oxygen atoms in total. The van der Waals surface area contributed by atoms with Crippen molar-refractivity contribution in [3.8, 4) is 0 Å². The van der Waals surface area contributed by atoms with E-state index in [0.717, 1.165) is 11.1 Å². The van der Waals surface area contributed by atoms with Gasteiger partial charge in [-0.2, -0.15) is 0 Å². The molecule has 0 aliphatic carbocycles. The normalized spacial score (nSPS) is 10.6. The van der Waals surface area contributed by atoms with Crippen LogP contribution in [0.5, 0.6) is 0 Å². The minimum Gasteiger partial charge on any atom is -0.463 e. The van der Waals surface area contributed by atoms with E-state index < -0.39 is 4.92 Å². The summed E-state index contributed by atoms with van der Waals surface area (Å²) in [5, 5.41) is 19.7. The van der Waals surface area contributed by atoms with Gasteiger partial charge in [-0.3, -0.25) is 14.9 Å². The van der Waals surface area contributed by atoms with Gasteiger partial charge in [-0.1, -0.05) is 24.3 Å². The first-order valence-corrected chi connectivity index (χ1v) is 9.83. The molecule has 2 rings (SSSR count). The first-order valence-electron chi connectivity index (χ1n) is 9.83. The first-order chi connectivity index (χ1) is 14.9. The van der Waals surface area contributed by atoms with Gasteiger partial charge in [0.15, 0.2) is 0 Å². The zero-order valence-electron chi connectivity index (χ0n) is 17.5. The SMILES string of the molecule is CCOC(=O)/C=C/c1ccc(CNCCC(=O)Nc2cc([N+](=O)[O-])ccc2NC)cc1. The summed E-state index contributed by atoms with van der Waals surface area (Å²) in [5.74, 6) is -0.623. The number of carbonyl (C=O) groups excluding carboxylic acids is 2. The predicted octanol–water partition coefficient (Wildman–Crippen LogP) is 3.33. The van der Waals surface area contributed by atoms with E-state index in [-0.39, 0.29) is 24.0 Å². The summed E-state index contributed by atoms with van der Waals surface area (Å²) in [6.45, 7) is 3.12. The number of nitro groups is 1. The van der Waals surface area contributed by atoms with Crippen molar-refractivity contribution >= 4 is 35.0 Å². The summed E-state index contributed by atoms with van der Waals surface area (Å²) in [4.78, 5) is 34.0. The van der Waals surface area contributed by atoms with Crippen molar-refractivity contribution in [2.24, 2.45) is 0 Å². The molecule has 0 atom stereocenters. The number of carbonyl (C=O) groups is 2. The van der Waals surface area contributed by atoms with Crippen LogP contribution >= 0.6 is 0 Å². The van der Waals surface area contributed by atoms with E-state index in [1.54, 1.807) is 26.1 Å². The van der Waals surface area contributed by atoms with Gasteiger partial charge in [-0.25, -0.2) is 4.79 Å². The van der Waals surface area contributed by atoms with Gasteiger partial charge in [0.1, 0.15) is 0 Å². The highest BCUT2D eigenvalue weighted by Gasteiger charge is 2.12. The molecule has 0 saturated carbocycles. The fourth-order valence-corrected chi connectivity index (χ4v) is 2.72. The summed E-state index contributed by atoms with van der Waals surface area (Å²) in [6, 6.07) is 11.9. The zero-order chi connectivity index (χ0) is 22.6. The van der Waals surface area contributed by atoms with E-state index in [9.17, 15) is 19.7 Å². The number of hydrogen-bond acceptors (Lipinski definition) is 7. The van der Waals surface area contributed by atoms with Gasteiger partial charge in [0.2, 0.25) is 5.91 Å². The monoisotopic (exact) mass is 426 g/mol. The summed E-state index contributed by atoms with van der Waals surface area (Å²) >= 11 is 0. The number of nitrogens with zero attached hydrogens (tertiary/aromatic N) is 1. The fourth-order valence-electron chi connectivity index (χ4n) is 2.72. The van der Waals surface area contributed by atoms with Crippen LogP contribution in [0.4, 0.5) is 17.1 Å². The van der Waals surface area contributed by atoms with E-state index in [1.807, 2.05) is 24.3 Å². The second-order valence-corrected chi connectivity index (χ2v) is 6.54. The second kappa shape index (κ2) is 12.1. The van der Waals surface area contributed by atoms with E-state index >= 15 is 0 Å². The number of non-ortho nitro benzene ring substituents is 1. The zero-order valence-corrected chi connectivity index (χ0v) is 17.5. The molecule has 0 unspecified atom stereocenters. The lowest BCUT2D eigenvalue weighted by Crippen LogP contribution is -2.21. The average molecular weight is 426 g/mol. The van der Waals surface area contributed by atoms with Crippen LogP contribution in [0, 0.1) is 10.1 Å². The Morgan fingerprint density at radius 3 is 2.52 bits per heavy atom. The lowest BCUT2D eigenvalue weighted by Gasteiger charge is -2.11. The Hall–Kier alpha value is -3.72. The maximum Gasteiger partial charge on any atom is 0.330 e. The van der Waals surface area contributed by atoms with Crippen molar-refractivity contribution in [2.45, 2.75) is 19.9 Å². The third kappa shape index (κ3) is 7.90. The van der Waals surface area contributed by atoms with Gasteiger partial charge in [0, 0.05) is 44.8 Å². The van der Waals surface area contributed by atoms with Crippen LogP contribution in [0.2, 0.25) is 0 Å². The molecule has 31 heavy (non-hydrogen) atoms. The predicted molar refractivity (Wildman–Crippen MR) is 120 cm³/mol. The molecular weight excluding hydrogens is 400 g/mol. The van der Waals surface area contributed by atoms with Crippen LogP contribution < -0.4 is 16.0 Å². The summed E-state index contributed by atoms with van der Waals surface area (Å²) in [5.41, 5.74) is 2.79. The minimum atomic E-state index is -0.505. The minimum absolute atomic E-state index is 0.0898. The van der Waals surface area contributed by atoms with Crippen molar-refractivity contribution in [2.75, 3.05) is 30.8 Å². The molecule has 0 bridgehead atoms. The Kier molecular flexibility index (Phi) is 9.18. The van der Waals surface area contributed by atoms with Crippen LogP contribution in [0.3, 0.4) is 0 Å². The molecule has 0 radical (unpaired) electrons. The van der Waals surface area contributed by atoms with Crippen molar-refractivity contribution in [3.05, 3.63) is 69.8 Å². The molecule has 0 aromatic heterocycles.